The molecule has 1 N–H and O–H groups in total. The normalized spacial score (nSPS) is 13.6. The van der Waals surface area contributed by atoms with E-state index in [0.29, 0.717) is 5.82 Å². The van der Waals surface area contributed by atoms with Crippen LogP contribution in [-0.4, -0.2) is 25.6 Å². The second kappa shape index (κ2) is 3.69. The molecule has 5 heteroatoms. The van der Waals surface area contributed by atoms with Gasteiger partial charge in [-0.3, -0.25) is 4.57 Å². The summed E-state index contributed by atoms with van der Waals surface area (Å²) in [5.74, 6) is -0.494. The first-order valence-electron chi connectivity index (χ1n) is 5.50. The summed E-state index contributed by atoms with van der Waals surface area (Å²) in [5.41, 5.74) is 2.31. The van der Waals surface area contributed by atoms with Crippen molar-refractivity contribution in [2.45, 2.75) is 19.3 Å². The molecule has 0 aliphatic heterocycles. The zero-order chi connectivity index (χ0) is 11.8. The van der Waals surface area contributed by atoms with Crippen molar-refractivity contribution in [3.63, 3.8) is 0 Å². The number of imidazole rings is 1. The summed E-state index contributed by atoms with van der Waals surface area (Å²) in [6, 6.07) is 1.74. The van der Waals surface area contributed by atoms with Gasteiger partial charge in [0.1, 0.15) is 11.9 Å². The van der Waals surface area contributed by atoms with E-state index >= 15 is 0 Å². The largest absolute Gasteiger partial charge is 0.478 e. The van der Waals surface area contributed by atoms with Gasteiger partial charge in [0.2, 0.25) is 0 Å². The summed E-state index contributed by atoms with van der Waals surface area (Å²) in [4.78, 5) is 19.6. The maximum atomic E-state index is 11.2. The molecular formula is C12H11N3O2. The maximum Gasteiger partial charge on any atom is 0.339 e. The van der Waals surface area contributed by atoms with E-state index in [1.54, 1.807) is 29.4 Å². The Balaban J connectivity index is 2.22. The summed E-state index contributed by atoms with van der Waals surface area (Å²) >= 11 is 0. The fourth-order valence-electron chi connectivity index (χ4n) is 2.20. The van der Waals surface area contributed by atoms with Crippen LogP contribution in [-0.2, 0) is 12.8 Å². The standard InChI is InChI=1S/C12H11N3O2/c16-12(17)9-6-8-2-1-3-10(8)14-11(9)15-5-4-13-7-15/h4-7H,1-3H2,(H,16,17). The van der Waals surface area contributed by atoms with Crippen LogP contribution in [0.1, 0.15) is 28.0 Å². The van der Waals surface area contributed by atoms with Crippen LogP contribution < -0.4 is 0 Å². The third kappa shape index (κ3) is 1.60. The average molecular weight is 229 g/mol. The smallest absolute Gasteiger partial charge is 0.339 e. The number of carboxylic acid groups (broad SMARTS) is 1. The number of rotatable bonds is 2. The molecule has 0 amide bonds. The van der Waals surface area contributed by atoms with Crippen LogP contribution in [0.25, 0.3) is 5.82 Å². The monoisotopic (exact) mass is 229 g/mol. The van der Waals surface area contributed by atoms with Crippen LogP contribution >= 0.6 is 0 Å². The minimum Gasteiger partial charge on any atom is -0.478 e. The maximum absolute atomic E-state index is 11.2. The van der Waals surface area contributed by atoms with E-state index in [4.69, 9.17) is 0 Å². The summed E-state index contributed by atoms with van der Waals surface area (Å²) in [6.45, 7) is 0. The van der Waals surface area contributed by atoms with Gasteiger partial charge in [-0.25, -0.2) is 14.8 Å². The van der Waals surface area contributed by atoms with E-state index in [0.717, 1.165) is 30.5 Å². The fourth-order valence-corrected chi connectivity index (χ4v) is 2.20. The lowest BCUT2D eigenvalue weighted by molar-refractivity contribution is 0.0696. The van der Waals surface area contributed by atoms with Crippen molar-refractivity contribution in [3.8, 4) is 5.82 Å². The second-order valence-electron chi connectivity index (χ2n) is 4.09. The molecule has 1 aliphatic carbocycles. The second-order valence-corrected chi connectivity index (χ2v) is 4.09. The van der Waals surface area contributed by atoms with Gasteiger partial charge in [-0.2, -0.15) is 0 Å². The molecule has 5 nitrogen and oxygen atoms in total. The highest BCUT2D eigenvalue weighted by Crippen LogP contribution is 2.24. The summed E-state index contributed by atoms with van der Waals surface area (Å²) < 4.78 is 1.64. The van der Waals surface area contributed by atoms with Gasteiger partial charge in [0.15, 0.2) is 5.82 Å². The zero-order valence-corrected chi connectivity index (χ0v) is 9.13. The Morgan fingerprint density at radius 2 is 2.29 bits per heavy atom. The quantitative estimate of drug-likeness (QED) is 0.846. The molecule has 2 aromatic heterocycles. The van der Waals surface area contributed by atoms with Crippen LogP contribution in [0.3, 0.4) is 0 Å². The average Bonchev–Trinajstić information content (AvgIpc) is 2.98. The Labute approximate surface area is 97.8 Å². The molecule has 0 spiro atoms. The highest BCUT2D eigenvalue weighted by molar-refractivity contribution is 5.91. The summed E-state index contributed by atoms with van der Waals surface area (Å²) in [7, 11) is 0. The van der Waals surface area contributed by atoms with Crippen molar-refractivity contribution in [3.05, 3.63) is 41.6 Å². The van der Waals surface area contributed by atoms with Gasteiger partial charge in [0.05, 0.1) is 0 Å². The molecule has 1 aliphatic rings. The molecule has 0 bridgehead atoms. The third-order valence-electron chi connectivity index (χ3n) is 3.01. The number of hydrogen-bond acceptors (Lipinski definition) is 3. The highest BCUT2D eigenvalue weighted by Gasteiger charge is 2.20. The van der Waals surface area contributed by atoms with Gasteiger partial charge in [-0.05, 0) is 30.9 Å². The Hall–Kier alpha value is -2.17. The number of fused-ring (bicyclic) bond motifs is 1. The zero-order valence-electron chi connectivity index (χ0n) is 9.13. The van der Waals surface area contributed by atoms with Crippen molar-refractivity contribution in [2.75, 3.05) is 0 Å². The first-order chi connectivity index (χ1) is 8.25. The minimum absolute atomic E-state index is 0.239. The Morgan fingerprint density at radius 1 is 1.41 bits per heavy atom. The number of pyridine rings is 1. The number of nitrogens with zero attached hydrogens (tertiary/aromatic N) is 3. The van der Waals surface area contributed by atoms with E-state index in [1.165, 1.54) is 0 Å². The van der Waals surface area contributed by atoms with Crippen LogP contribution in [0.2, 0.25) is 0 Å². The Morgan fingerprint density at radius 3 is 3.00 bits per heavy atom. The van der Waals surface area contributed by atoms with Gasteiger partial charge < -0.3 is 5.11 Å². The van der Waals surface area contributed by atoms with Crippen LogP contribution in [0.5, 0.6) is 0 Å². The molecule has 0 fully saturated rings. The van der Waals surface area contributed by atoms with E-state index in [1.807, 2.05) is 0 Å². The molecule has 0 radical (unpaired) electrons. The summed E-state index contributed by atoms with van der Waals surface area (Å²) in [5, 5.41) is 9.22. The summed E-state index contributed by atoms with van der Waals surface area (Å²) in [6.07, 6.45) is 7.78. The van der Waals surface area contributed by atoms with Crippen molar-refractivity contribution >= 4 is 5.97 Å². The lowest BCUT2D eigenvalue weighted by Gasteiger charge is -2.08. The van der Waals surface area contributed by atoms with Gasteiger partial charge >= 0.3 is 5.97 Å². The van der Waals surface area contributed by atoms with Gasteiger partial charge in [-0.15, -0.1) is 0 Å². The Kier molecular flexibility index (Phi) is 2.18. The number of carbonyl (C=O) groups is 1. The fraction of sp³-hybridized carbons (Fsp3) is 0.250. The molecule has 86 valence electrons. The highest BCUT2D eigenvalue weighted by atomic mass is 16.4. The van der Waals surface area contributed by atoms with E-state index < -0.39 is 5.97 Å². The van der Waals surface area contributed by atoms with E-state index in [-0.39, 0.29) is 5.56 Å². The molecule has 17 heavy (non-hydrogen) atoms. The van der Waals surface area contributed by atoms with Crippen LogP contribution in [0.15, 0.2) is 24.8 Å². The number of carboxylic acids is 1. The van der Waals surface area contributed by atoms with Gasteiger partial charge in [0.25, 0.3) is 0 Å². The molecule has 0 aromatic carbocycles. The van der Waals surface area contributed by atoms with Crippen LogP contribution in [0.4, 0.5) is 0 Å². The lowest BCUT2D eigenvalue weighted by Crippen LogP contribution is -2.09. The molecule has 2 aromatic rings. The molecule has 0 unspecified atom stereocenters. The van der Waals surface area contributed by atoms with E-state index in [2.05, 4.69) is 9.97 Å². The van der Waals surface area contributed by atoms with Gasteiger partial charge in [-0.1, -0.05) is 0 Å². The number of aromatic nitrogens is 3. The molecule has 0 saturated heterocycles. The first kappa shape index (κ1) is 10.0. The van der Waals surface area contributed by atoms with Crippen molar-refractivity contribution < 1.29 is 9.90 Å². The number of aromatic carboxylic acids is 1. The predicted molar refractivity (Wildman–Crippen MR) is 60.3 cm³/mol. The van der Waals surface area contributed by atoms with Crippen molar-refractivity contribution in [1.82, 2.24) is 14.5 Å². The molecular weight excluding hydrogens is 218 g/mol. The molecule has 0 atom stereocenters. The molecule has 2 heterocycles. The van der Waals surface area contributed by atoms with Gasteiger partial charge in [0, 0.05) is 18.1 Å². The third-order valence-corrected chi connectivity index (χ3v) is 3.01. The first-order valence-corrected chi connectivity index (χ1v) is 5.50. The number of aryl methyl sites for hydroxylation is 2. The van der Waals surface area contributed by atoms with Crippen LogP contribution in [0, 0.1) is 0 Å². The minimum atomic E-state index is -0.948. The topological polar surface area (TPSA) is 68.0 Å². The SMILES string of the molecule is O=C(O)c1cc2c(nc1-n1ccnc1)CCC2. The molecule has 0 saturated carbocycles. The van der Waals surface area contributed by atoms with E-state index in [9.17, 15) is 9.90 Å². The lowest BCUT2D eigenvalue weighted by atomic mass is 10.1. The molecule has 3 rings (SSSR count). The predicted octanol–water partition coefficient (Wildman–Crippen LogP) is 1.45. The van der Waals surface area contributed by atoms with Crippen molar-refractivity contribution in [1.29, 1.82) is 0 Å². The Bertz CT molecular complexity index is 576. The number of hydrogen-bond donors (Lipinski definition) is 1. The van der Waals surface area contributed by atoms with Crippen molar-refractivity contribution in [2.24, 2.45) is 0 Å².